The number of nitroso groups, excluding NO2 is 1. The number of pyridine rings is 1. The van der Waals surface area contributed by atoms with Gasteiger partial charge in [-0.3, -0.25) is 0 Å². The molecule has 184 valence electrons. The summed E-state index contributed by atoms with van der Waals surface area (Å²) in [5.41, 5.74) is 3.21. The molecule has 1 fully saturated rings. The zero-order chi connectivity index (χ0) is 24.6. The second-order valence-electron chi connectivity index (χ2n) is 8.92. The van der Waals surface area contributed by atoms with Crippen molar-refractivity contribution in [2.75, 3.05) is 44.6 Å². The van der Waals surface area contributed by atoms with Crippen molar-refractivity contribution in [3.63, 3.8) is 0 Å². The van der Waals surface area contributed by atoms with Gasteiger partial charge in [-0.1, -0.05) is 24.3 Å². The Bertz CT molecular complexity index is 1060. The standard InChI is InChI=1S/C27H33N5O3/c1-31-16-4-5-22(19-31)29-25-14-15-28-27(26(25)30-33)32(17-20-6-10-23(34-2)11-7-20)18-21-8-12-24(35-3)13-9-21/h6-15,22H,4-5,16-19H2,1-3H3,(H,28,29). The Morgan fingerprint density at radius 2 is 1.60 bits per heavy atom. The highest BCUT2D eigenvalue weighted by molar-refractivity contribution is 5.77. The maximum absolute atomic E-state index is 12.1. The monoisotopic (exact) mass is 475 g/mol. The number of hydrogen-bond donors (Lipinski definition) is 1. The molecule has 1 saturated heterocycles. The summed E-state index contributed by atoms with van der Waals surface area (Å²) in [6.07, 6.45) is 3.92. The first-order chi connectivity index (χ1) is 17.1. The lowest BCUT2D eigenvalue weighted by Crippen LogP contribution is -2.39. The summed E-state index contributed by atoms with van der Waals surface area (Å²) < 4.78 is 10.6. The van der Waals surface area contributed by atoms with E-state index in [9.17, 15) is 4.91 Å². The van der Waals surface area contributed by atoms with Crippen LogP contribution in [-0.2, 0) is 13.1 Å². The van der Waals surface area contributed by atoms with E-state index in [4.69, 9.17) is 9.47 Å². The number of methoxy groups -OCH3 is 2. The van der Waals surface area contributed by atoms with E-state index in [1.807, 2.05) is 54.6 Å². The van der Waals surface area contributed by atoms with E-state index < -0.39 is 0 Å². The molecule has 0 bridgehead atoms. The quantitative estimate of drug-likeness (QED) is 0.403. The highest BCUT2D eigenvalue weighted by Gasteiger charge is 2.22. The summed E-state index contributed by atoms with van der Waals surface area (Å²) in [6.45, 7) is 3.13. The largest absolute Gasteiger partial charge is 0.497 e. The molecule has 8 nitrogen and oxygen atoms in total. The van der Waals surface area contributed by atoms with Crippen molar-refractivity contribution in [3.05, 3.63) is 76.8 Å². The van der Waals surface area contributed by atoms with Crippen LogP contribution in [0.4, 0.5) is 17.2 Å². The number of aromatic nitrogens is 1. The molecule has 0 spiro atoms. The van der Waals surface area contributed by atoms with Gasteiger partial charge < -0.3 is 24.6 Å². The average Bonchev–Trinajstić information content (AvgIpc) is 2.89. The normalized spacial score (nSPS) is 15.9. The predicted molar refractivity (Wildman–Crippen MR) is 140 cm³/mol. The smallest absolute Gasteiger partial charge is 0.173 e. The summed E-state index contributed by atoms with van der Waals surface area (Å²) in [7, 11) is 5.43. The van der Waals surface area contributed by atoms with E-state index in [1.54, 1.807) is 20.4 Å². The van der Waals surface area contributed by atoms with Crippen molar-refractivity contribution >= 4 is 17.2 Å². The first kappa shape index (κ1) is 24.5. The third kappa shape index (κ3) is 6.27. The van der Waals surface area contributed by atoms with Gasteiger partial charge in [0.05, 0.1) is 19.9 Å². The van der Waals surface area contributed by atoms with Gasteiger partial charge in [-0.15, -0.1) is 4.91 Å². The fourth-order valence-electron chi connectivity index (χ4n) is 4.49. The molecule has 0 radical (unpaired) electrons. The maximum Gasteiger partial charge on any atom is 0.173 e. The summed E-state index contributed by atoms with van der Waals surface area (Å²) in [5, 5.41) is 6.99. The number of piperidine rings is 1. The molecule has 8 heteroatoms. The molecule has 0 amide bonds. The summed E-state index contributed by atoms with van der Waals surface area (Å²) in [6, 6.07) is 17.9. The fraction of sp³-hybridized carbons (Fsp3) is 0.370. The molecule has 3 aromatic rings. The zero-order valence-corrected chi connectivity index (χ0v) is 20.6. The predicted octanol–water partition coefficient (Wildman–Crippen LogP) is 5.21. The van der Waals surface area contributed by atoms with E-state index in [0.717, 1.165) is 54.2 Å². The molecule has 1 N–H and O–H groups in total. The molecule has 2 aromatic carbocycles. The Hall–Kier alpha value is -3.65. The van der Waals surface area contributed by atoms with Crippen LogP contribution in [0.25, 0.3) is 0 Å². The molecule has 0 saturated carbocycles. The average molecular weight is 476 g/mol. The number of anilines is 2. The van der Waals surface area contributed by atoms with Crippen LogP contribution < -0.4 is 19.7 Å². The Morgan fingerprint density at radius 1 is 1.00 bits per heavy atom. The fourth-order valence-corrected chi connectivity index (χ4v) is 4.49. The van der Waals surface area contributed by atoms with Gasteiger partial charge in [-0.05, 0) is 73.1 Å². The van der Waals surface area contributed by atoms with Gasteiger partial charge in [0.25, 0.3) is 0 Å². The molecule has 35 heavy (non-hydrogen) atoms. The molecule has 1 atom stereocenters. The topological polar surface area (TPSA) is 79.3 Å². The van der Waals surface area contributed by atoms with E-state index in [2.05, 4.69) is 32.3 Å². The number of likely N-dealkylation sites (tertiary alicyclic amines) is 1. The van der Waals surface area contributed by atoms with Crippen LogP contribution in [0.1, 0.15) is 24.0 Å². The summed E-state index contributed by atoms with van der Waals surface area (Å²) in [4.78, 5) is 21.1. The molecule has 2 heterocycles. The van der Waals surface area contributed by atoms with Crippen molar-refractivity contribution in [1.29, 1.82) is 0 Å². The summed E-state index contributed by atoms with van der Waals surface area (Å²) in [5.74, 6) is 2.15. The van der Waals surface area contributed by atoms with Gasteiger partial charge in [0.15, 0.2) is 11.5 Å². The minimum Gasteiger partial charge on any atom is -0.497 e. The summed E-state index contributed by atoms with van der Waals surface area (Å²) >= 11 is 0. The van der Waals surface area contributed by atoms with Crippen LogP contribution in [0.5, 0.6) is 11.5 Å². The molecular weight excluding hydrogens is 442 g/mol. The SMILES string of the molecule is COc1ccc(CN(Cc2ccc(OC)cc2)c2nccc(NC3CCCN(C)C3)c2N=O)cc1. The van der Waals surface area contributed by atoms with E-state index in [1.165, 1.54) is 0 Å². The minimum atomic E-state index is 0.265. The Kier molecular flexibility index (Phi) is 8.15. The first-order valence-electron chi connectivity index (χ1n) is 11.9. The maximum atomic E-state index is 12.1. The van der Waals surface area contributed by atoms with Crippen molar-refractivity contribution in [2.45, 2.75) is 32.0 Å². The molecule has 4 rings (SSSR count). The molecule has 1 aromatic heterocycles. The minimum absolute atomic E-state index is 0.265. The van der Waals surface area contributed by atoms with Gasteiger partial charge in [0.2, 0.25) is 0 Å². The number of hydrogen-bond acceptors (Lipinski definition) is 8. The number of benzene rings is 2. The third-order valence-corrected chi connectivity index (χ3v) is 6.34. The lowest BCUT2D eigenvalue weighted by Gasteiger charge is -2.31. The van der Waals surface area contributed by atoms with Crippen LogP contribution in [0.15, 0.2) is 66.0 Å². The van der Waals surface area contributed by atoms with Crippen LogP contribution in [-0.4, -0.2) is 50.3 Å². The molecular formula is C27H33N5O3. The van der Waals surface area contributed by atoms with Crippen molar-refractivity contribution in [1.82, 2.24) is 9.88 Å². The number of likely N-dealkylation sites (N-methyl/N-ethyl adjacent to an activating group) is 1. The molecule has 1 aliphatic rings. The molecule has 1 aliphatic heterocycles. The molecule has 1 unspecified atom stereocenters. The van der Waals surface area contributed by atoms with Gasteiger partial charge in [0.1, 0.15) is 11.5 Å². The van der Waals surface area contributed by atoms with E-state index in [-0.39, 0.29) is 6.04 Å². The third-order valence-electron chi connectivity index (χ3n) is 6.34. The Morgan fingerprint density at radius 3 is 2.11 bits per heavy atom. The second kappa shape index (κ2) is 11.7. The molecule has 0 aliphatic carbocycles. The lowest BCUT2D eigenvalue weighted by atomic mass is 10.1. The van der Waals surface area contributed by atoms with E-state index in [0.29, 0.717) is 24.6 Å². The Balaban J connectivity index is 1.65. The van der Waals surface area contributed by atoms with Crippen molar-refractivity contribution in [3.8, 4) is 11.5 Å². The highest BCUT2D eigenvalue weighted by atomic mass is 16.5. The highest BCUT2D eigenvalue weighted by Crippen LogP contribution is 2.36. The number of rotatable bonds is 10. The second-order valence-corrected chi connectivity index (χ2v) is 8.92. The first-order valence-corrected chi connectivity index (χ1v) is 11.9. The zero-order valence-electron chi connectivity index (χ0n) is 20.6. The van der Waals surface area contributed by atoms with Crippen LogP contribution in [0.2, 0.25) is 0 Å². The van der Waals surface area contributed by atoms with Crippen molar-refractivity contribution < 1.29 is 9.47 Å². The van der Waals surface area contributed by atoms with Gasteiger partial charge in [0, 0.05) is 31.9 Å². The lowest BCUT2D eigenvalue weighted by molar-refractivity contribution is 0.261. The van der Waals surface area contributed by atoms with Crippen LogP contribution in [0, 0.1) is 4.91 Å². The Labute approximate surface area is 206 Å². The van der Waals surface area contributed by atoms with Crippen molar-refractivity contribution in [2.24, 2.45) is 5.18 Å². The van der Waals surface area contributed by atoms with Gasteiger partial charge in [-0.25, -0.2) is 4.98 Å². The number of nitrogens with one attached hydrogen (secondary N) is 1. The number of ether oxygens (including phenoxy) is 2. The van der Waals surface area contributed by atoms with Crippen LogP contribution in [0.3, 0.4) is 0 Å². The van der Waals surface area contributed by atoms with Gasteiger partial charge in [-0.2, -0.15) is 0 Å². The number of nitrogens with zero attached hydrogens (tertiary/aromatic N) is 4. The van der Waals surface area contributed by atoms with Gasteiger partial charge >= 0.3 is 0 Å². The van der Waals surface area contributed by atoms with Crippen LogP contribution >= 0.6 is 0 Å². The van der Waals surface area contributed by atoms with E-state index >= 15 is 0 Å².